The summed E-state index contributed by atoms with van der Waals surface area (Å²) >= 11 is 0. The van der Waals surface area contributed by atoms with Gasteiger partial charge in [-0.1, -0.05) is 30.3 Å². The molecule has 0 bridgehead atoms. The molecule has 0 unspecified atom stereocenters. The highest BCUT2D eigenvalue weighted by atomic mass is 15.2. The van der Waals surface area contributed by atoms with Crippen molar-refractivity contribution in [2.75, 3.05) is 11.4 Å². The largest absolute Gasteiger partial charge is 0.352 e. The molecule has 2 rings (SSSR count). The maximum atomic E-state index is 5.87. The highest BCUT2D eigenvalue weighted by molar-refractivity contribution is 5.50. The molecular formula is C16H21N3. The Labute approximate surface area is 115 Å². The van der Waals surface area contributed by atoms with E-state index < -0.39 is 0 Å². The maximum absolute atomic E-state index is 5.87. The van der Waals surface area contributed by atoms with Gasteiger partial charge in [0.1, 0.15) is 5.82 Å². The minimum Gasteiger partial charge on any atom is -0.352 e. The summed E-state index contributed by atoms with van der Waals surface area (Å²) in [5.74, 6) is 1.01. The van der Waals surface area contributed by atoms with Crippen LogP contribution in [0.2, 0.25) is 0 Å². The number of nitrogens with two attached hydrogens (primary N) is 1. The van der Waals surface area contributed by atoms with Gasteiger partial charge in [0.25, 0.3) is 0 Å². The zero-order chi connectivity index (χ0) is 13.7. The Balaban J connectivity index is 2.30. The first-order valence-electron chi connectivity index (χ1n) is 6.69. The summed E-state index contributed by atoms with van der Waals surface area (Å²) in [5.41, 5.74) is 9.50. The highest BCUT2D eigenvalue weighted by Crippen LogP contribution is 2.22. The van der Waals surface area contributed by atoms with Gasteiger partial charge in [0.2, 0.25) is 0 Å². The average Bonchev–Trinajstić information content (AvgIpc) is 2.45. The van der Waals surface area contributed by atoms with Crippen molar-refractivity contribution in [2.45, 2.75) is 26.9 Å². The number of anilines is 1. The van der Waals surface area contributed by atoms with Crippen molar-refractivity contribution in [1.29, 1.82) is 0 Å². The van der Waals surface area contributed by atoms with Gasteiger partial charge in [-0.25, -0.2) is 4.98 Å². The van der Waals surface area contributed by atoms with Crippen LogP contribution in [0.4, 0.5) is 5.82 Å². The molecule has 3 heteroatoms. The first-order chi connectivity index (χ1) is 9.26. The average molecular weight is 255 g/mol. The lowest BCUT2D eigenvalue weighted by molar-refractivity contribution is 0.799. The lowest BCUT2D eigenvalue weighted by Gasteiger charge is -2.25. The number of hydrogen-bond acceptors (Lipinski definition) is 3. The zero-order valence-electron chi connectivity index (χ0n) is 11.6. The fraction of sp³-hybridized carbons (Fsp3) is 0.312. The van der Waals surface area contributed by atoms with E-state index in [2.05, 4.69) is 48.0 Å². The van der Waals surface area contributed by atoms with E-state index in [1.54, 1.807) is 0 Å². The SMILES string of the molecule is CCN(Cc1ccccc1)c1nccc(C)c1CN. The van der Waals surface area contributed by atoms with E-state index in [1.165, 1.54) is 11.1 Å². The summed E-state index contributed by atoms with van der Waals surface area (Å²) in [5, 5.41) is 0. The van der Waals surface area contributed by atoms with Crippen LogP contribution in [0.25, 0.3) is 0 Å². The number of benzene rings is 1. The van der Waals surface area contributed by atoms with Gasteiger partial charge in [0.15, 0.2) is 0 Å². The van der Waals surface area contributed by atoms with Crippen LogP contribution in [0, 0.1) is 6.92 Å². The van der Waals surface area contributed by atoms with Gasteiger partial charge in [0, 0.05) is 31.4 Å². The molecule has 19 heavy (non-hydrogen) atoms. The van der Waals surface area contributed by atoms with E-state index >= 15 is 0 Å². The van der Waals surface area contributed by atoms with Crippen molar-refractivity contribution in [3.8, 4) is 0 Å². The smallest absolute Gasteiger partial charge is 0.133 e. The minimum absolute atomic E-state index is 0.528. The van der Waals surface area contributed by atoms with Crippen molar-refractivity contribution in [1.82, 2.24) is 4.98 Å². The Morgan fingerprint density at radius 1 is 1.16 bits per heavy atom. The second-order valence-electron chi connectivity index (χ2n) is 4.63. The molecule has 2 N–H and O–H groups in total. The molecule has 1 aromatic carbocycles. The van der Waals surface area contributed by atoms with Crippen molar-refractivity contribution in [3.05, 3.63) is 59.3 Å². The summed E-state index contributed by atoms with van der Waals surface area (Å²) in [6.45, 7) is 6.54. The molecule has 2 aromatic rings. The standard InChI is InChI=1S/C16H21N3/c1-3-19(12-14-7-5-4-6-8-14)16-15(11-17)13(2)9-10-18-16/h4-10H,3,11-12,17H2,1-2H3. The third kappa shape index (κ3) is 3.12. The summed E-state index contributed by atoms with van der Waals surface area (Å²) in [6, 6.07) is 12.5. The number of nitrogens with zero attached hydrogens (tertiary/aromatic N) is 2. The maximum Gasteiger partial charge on any atom is 0.133 e. The van der Waals surface area contributed by atoms with Gasteiger partial charge >= 0.3 is 0 Å². The molecule has 0 saturated carbocycles. The molecule has 0 aliphatic carbocycles. The van der Waals surface area contributed by atoms with Crippen molar-refractivity contribution in [3.63, 3.8) is 0 Å². The molecule has 100 valence electrons. The lowest BCUT2D eigenvalue weighted by Crippen LogP contribution is -2.25. The molecule has 0 fully saturated rings. The van der Waals surface area contributed by atoms with Crippen LogP contribution in [0.1, 0.15) is 23.6 Å². The number of hydrogen-bond donors (Lipinski definition) is 1. The van der Waals surface area contributed by atoms with Crippen LogP contribution < -0.4 is 10.6 Å². The zero-order valence-corrected chi connectivity index (χ0v) is 11.6. The van der Waals surface area contributed by atoms with Crippen LogP contribution in [0.3, 0.4) is 0 Å². The van der Waals surface area contributed by atoms with Crippen LogP contribution in [0.15, 0.2) is 42.6 Å². The van der Waals surface area contributed by atoms with E-state index in [1.807, 2.05) is 18.3 Å². The Kier molecular flexibility index (Phi) is 4.53. The van der Waals surface area contributed by atoms with Gasteiger partial charge in [-0.15, -0.1) is 0 Å². The topological polar surface area (TPSA) is 42.2 Å². The summed E-state index contributed by atoms with van der Waals surface area (Å²) in [6.07, 6.45) is 1.86. The molecule has 3 nitrogen and oxygen atoms in total. The van der Waals surface area contributed by atoms with Crippen molar-refractivity contribution >= 4 is 5.82 Å². The highest BCUT2D eigenvalue weighted by Gasteiger charge is 2.12. The number of aryl methyl sites for hydroxylation is 1. The van der Waals surface area contributed by atoms with Crippen LogP contribution in [-0.4, -0.2) is 11.5 Å². The third-order valence-electron chi connectivity index (χ3n) is 3.37. The second kappa shape index (κ2) is 6.34. The Morgan fingerprint density at radius 2 is 1.89 bits per heavy atom. The van der Waals surface area contributed by atoms with Crippen molar-refractivity contribution < 1.29 is 0 Å². The van der Waals surface area contributed by atoms with E-state index in [9.17, 15) is 0 Å². The molecule has 0 aliphatic rings. The third-order valence-corrected chi connectivity index (χ3v) is 3.37. The molecule has 1 aromatic heterocycles. The van der Waals surface area contributed by atoms with Gasteiger partial charge < -0.3 is 10.6 Å². The Hall–Kier alpha value is -1.87. The summed E-state index contributed by atoms with van der Waals surface area (Å²) in [7, 11) is 0. The van der Waals surface area contributed by atoms with Gasteiger partial charge in [-0.3, -0.25) is 0 Å². The predicted octanol–water partition coefficient (Wildman–Crippen LogP) is 2.88. The number of aromatic nitrogens is 1. The van der Waals surface area contributed by atoms with Gasteiger partial charge in [-0.05, 0) is 31.0 Å². The van der Waals surface area contributed by atoms with Crippen LogP contribution in [0.5, 0.6) is 0 Å². The van der Waals surface area contributed by atoms with Crippen LogP contribution in [-0.2, 0) is 13.1 Å². The summed E-state index contributed by atoms with van der Waals surface area (Å²) in [4.78, 5) is 6.79. The Bertz CT molecular complexity index is 523. The first kappa shape index (κ1) is 13.6. The fourth-order valence-electron chi connectivity index (χ4n) is 2.24. The van der Waals surface area contributed by atoms with E-state index in [0.717, 1.165) is 24.5 Å². The molecule has 0 spiro atoms. The van der Waals surface area contributed by atoms with E-state index in [0.29, 0.717) is 6.54 Å². The van der Waals surface area contributed by atoms with E-state index in [-0.39, 0.29) is 0 Å². The van der Waals surface area contributed by atoms with Crippen LogP contribution >= 0.6 is 0 Å². The molecule has 1 heterocycles. The molecule has 0 atom stereocenters. The molecule has 0 saturated heterocycles. The molecule has 0 aliphatic heterocycles. The fourth-order valence-corrected chi connectivity index (χ4v) is 2.24. The number of rotatable bonds is 5. The van der Waals surface area contributed by atoms with Crippen molar-refractivity contribution in [2.24, 2.45) is 5.73 Å². The van der Waals surface area contributed by atoms with Gasteiger partial charge in [0.05, 0.1) is 0 Å². The Morgan fingerprint density at radius 3 is 2.53 bits per heavy atom. The minimum atomic E-state index is 0.528. The lowest BCUT2D eigenvalue weighted by atomic mass is 10.1. The quantitative estimate of drug-likeness (QED) is 0.893. The molecule has 0 radical (unpaired) electrons. The normalized spacial score (nSPS) is 10.5. The molecule has 0 amide bonds. The first-order valence-corrected chi connectivity index (χ1v) is 6.69. The van der Waals surface area contributed by atoms with E-state index in [4.69, 9.17) is 5.73 Å². The number of pyridine rings is 1. The van der Waals surface area contributed by atoms with Gasteiger partial charge in [-0.2, -0.15) is 0 Å². The second-order valence-corrected chi connectivity index (χ2v) is 4.63. The predicted molar refractivity (Wildman–Crippen MR) is 80.0 cm³/mol. The monoisotopic (exact) mass is 255 g/mol. The molecular weight excluding hydrogens is 234 g/mol. The summed E-state index contributed by atoms with van der Waals surface area (Å²) < 4.78 is 0.